The summed E-state index contributed by atoms with van der Waals surface area (Å²) in [5.74, 6) is -0.378. The van der Waals surface area contributed by atoms with Crippen molar-refractivity contribution in [2.45, 2.75) is 88.4 Å². The normalized spacial score (nSPS) is 22.2. The number of amides is 1. The molecule has 276 valence electrons. The average molecular weight is 726 g/mol. The highest BCUT2D eigenvalue weighted by molar-refractivity contribution is 7.89. The predicted molar refractivity (Wildman–Crippen MR) is 203 cm³/mol. The summed E-state index contributed by atoms with van der Waals surface area (Å²) in [6.45, 7) is 7.01. The van der Waals surface area contributed by atoms with E-state index in [0.717, 1.165) is 47.5 Å². The van der Waals surface area contributed by atoms with E-state index in [1.54, 1.807) is 36.4 Å². The van der Waals surface area contributed by atoms with Crippen LogP contribution in [0.4, 0.5) is 5.69 Å². The molecule has 4 aromatic carbocycles. The number of likely N-dealkylation sites (tertiary alicyclic amines) is 1. The van der Waals surface area contributed by atoms with Crippen molar-refractivity contribution in [1.82, 2.24) is 9.62 Å². The molecule has 0 spiro atoms. The molecule has 0 bridgehead atoms. The Bertz CT molecular complexity index is 1830. The zero-order valence-electron chi connectivity index (χ0n) is 30.1. The van der Waals surface area contributed by atoms with E-state index >= 15 is 0 Å². The van der Waals surface area contributed by atoms with Gasteiger partial charge in [-0.25, -0.2) is 8.42 Å². The molecule has 6 rings (SSSR count). The molecule has 3 N–H and O–H groups in total. The topological polar surface area (TPSA) is 117 Å². The molecule has 52 heavy (non-hydrogen) atoms. The molecule has 0 aromatic heterocycles. The van der Waals surface area contributed by atoms with Crippen molar-refractivity contribution < 1.29 is 27.8 Å². The van der Waals surface area contributed by atoms with Gasteiger partial charge in [0.25, 0.3) is 0 Å². The van der Waals surface area contributed by atoms with Crippen LogP contribution in [-0.2, 0) is 37.3 Å². The first kappa shape index (κ1) is 37.8. The van der Waals surface area contributed by atoms with Crippen LogP contribution >= 0.6 is 0 Å². The lowest BCUT2D eigenvalue weighted by molar-refractivity contribution is -0.276. The smallest absolute Gasteiger partial charge is 0.242 e. The molecule has 1 amide bonds. The van der Waals surface area contributed by atoms with Gasteiger partial charge in [-0.05, 0) is 80.2 Å². The minimum Gasteiger partial charge on any atom is -0.392 e. The summed E-state index contributed by atoms with van der Waals surface area (Å²) in [7, 11) is -3.97. The van der Waals surface area contributed by atoms with E-state index in [2.05, 4.69) is 21.9 Å². The van der Waals surface area contributed by atoms with Gasteiger partial charge in [-0.15, -0.1) is 0 Å². The fourth-order valence-electron chi connectivity index (χ4n) is 7.04. The van der Waals surface area contributed by atoms with E-state index in [1.807, 2.05) is 73.7 Å². The van der Waals surface area contributed by atoms with Gasteiger partial charge in [-0.1, -0.05) is 111 Å². The second kappa shape index (κ2) is 17.7. The number of ether oxygens (including phenoxy) is 2. The number of hydrogen-bond acceptors (Lipinski definition) is 7. The van der Waals surface area contributed by atoms with Crippen molar-refractivity contribution in [2.75, 3.05) is 25.0 Å². The zero-order chi connectivity index (χ0) is 36.5. The minimum absolute atomic E-state index is 0.0147. The molecule has 2 saturated heterocycles. The Balaban J connectivity index is 1.19. The SMILES string of the molecule is Cc1ccc(S(=O)(=O)NC(Cc2ccccc2)C(=O)Nc2ccc(C3OC(CN4CCCCCCC4)C(C)C(c4ccc(CO)cc4)O3)cc2)cc1. The molecule has 5 atom stereocenters. The standard InChI is InChI=1S/C42H51N3O6S/c1-30-13-23-37(24-14-30)52(48,49)44-38(27-32-11-7-6-8-12-32)41(47)43-36-21-19-35(20-22-36)42-50-39(28-45-25-9-4-3-5-10-26-45)31(2)40(51-42)34-17-15-33(29-46)16-18-34/h6-8,11-24,31,38-40,42,44,46H,3-5,9-10,25-29H2,1-2H3,(H,43,47). The molecule has 5 unspecified atom stereocenters. The lowest BCUT2D eigenvalue weighted by Gasteiger charge is -2.43. The average Bonchev–Trinajstić information content (AvgIpc) is 3.14. The minimum atomic E-state index is -3.97. The van der Waals surface area contributed by atoms with Crippen LogP contribution in [0.1, 0.15) is 79.2 Å². The van der Waals surface area contributed by atoms with E-state index in [1.165, 1.54) is 32.1 Å². The Morgan fingerprint density at radius 3 is 2.10 bits per heavy atom. The molecular weight excluding hydrogens is 675 g/mol. The first-order valence-electron chi connectivity index (χ1n) is 18.5. The third-order valence-electron chi connectivity index (χ3n) is 10.2. The Hall–Kier alpha value is -3.90. The van der Waals surface area contributed by atoms with Crippen molar-refractivity contribution in [2.24, 2.45) is 5.92 Å². The Labute approximate surface area is 308 Å². The fourth-order valence-corrected chi connectivity index (χ4v) is 8.24. The number of nitrogens with one attached hydrogen (secondary N) is 2. The lowest BCUT2D eigenvalue weighted by Crippen LogP contribution is -2.45. The summed E-state index contributed by atoms with van der Waals surface area (Å²) in [4.78, 5) is 16.4. The number of rotatable bonds is 12. The van der Waals surface area contributed by atoms with Crippen LogP contribution in [-0.4, -0.2) is 56.1 Å². The van der Waals surface area contributed by atoms with Crippen LogP contribution in [0.5, 0.6) is 0 Å². The molecule has 0 saturated carbocycles. The summed E-state index contributed by atoms with van der Waals surface area (Å²) in [6.07, 6.45) is 5.48. The second-order valence-corrected chi connectivity index (χ2v) is 15.9. The van der Waals surface area contributed by atoms with Crippen LogP contribution in [0.25, 0.3) is 0 Å². The number of sulfonamides is 1. The first-order chi connectivity index (χ1) is 25.2. The number of hydrogen-bond donors (Lipinski definition) is 3. The number of aliphatic hydroxyl groups excluding tert-OH is 1. The summed E-state index contributed by atoms with van der Waals surface area (Å²) in [5.41, 5.74) is 5.01. The van der Waals surface area contributed by atoms with Gasteiger partial charge in [0.1, 0.15) is 6.04 Å². The van der Waals surface area contributed by atoms with Crippen molar-refractivity contribution in [3.63, 3.8) is 0 Å². The highest BCUT2D eigenvalue weighted by Crippen LogP contribution is 2.42. The van der Waals surface area contributed by atoms with Gasteiger partial charge in [0.15, 0.2) is 6.29 Å². The molecule has 2 fully saturated rings. The van der Waals surface area contributed by atoms with Gasteiger partial charge in [-0.2, -0.15) is 4.72 Å². The monoisotopic (exact) mass is 725 g/mol. The Kier molecular flexibility index (Phi) is 12.9. The third kappa shape index (κ3) is 9.95. The van der Waals surface area contributed by atoms with Crippen LogP contribution in [0.3, 0.4) is 0 Å². The number of aryl methyl sites for hydroxylation is 1. The number of carbonyl (C=O) groups excluding carboxylic acids is 1. The molecule has 2 aliphatic rings. The Morgan fingerprint density at radius 2 is 1.44 bits per heavy atom. The van der Waals surface area contributed by atoms with Gasteiger partial charge in [-0.3, -0.25) is 4.79 Å². The number of nitrogens with zero attached hydrogens (tertiary/aromatic N) is 1. The largest absolute Gasteiger partial charge is 0.392 e. The third-order valence-corrected chi connectivity index (χ3v) is 11.7. The maximum Gasteiger partial charge on any atom is 0.242 e. The van der Waals surface area contributed by atoms with E-state index in [4.69, 9.17) is 9.47 Å². The number of benzene rings is 4. The molecule has 4 aromatic rings. The maximum atomic E-state index is 13.7. The maximum absolute atomic E-state index is 13.7. The van der Waals surface area contributed by atoms with Gasteiger partial charge in [0, 0.05) is 23.7 Å². The quantitative estimate of drug-likeness (QED) is 0.143. The van der Waals surface area contributed by atoms with Crippen molar-refractivity contribution >= 4 is 21.6 Å². The molecular formula is C42H51N3O6S. The predicted octanol–water partition coefficient (Wildman–Crippen LogP) is 7.07. The number of anilines is 1. The van der Waals surface area contributed by atoms with E-state index < -0.39 is 28.3 Å². The molecule has 2 heterocycles. The summed E-state index contributed by atoms with van der Waals surface area (Å²) in [6, 6.07) is 30.1. The Morgan fingerprint density at radius 1 is 0.808 bits per heavy atom. The zero-order valence-corrected chi connectivity index (χ0v) is 30.9. The number of carbonyl (C=O) groups is 1. The number of aliphatic hydroxyl groups is 1. The molecule has 2 aliphatic heterocycles. The molecule has 0 aliphatic carbocycles. The first-order valence-corrected chi connectivity index (χ1v) is 19.9. The van der Waals surface area contributed by atoms with E-state index in [0.29, 0.717) is 5.69 Å². The highest BCUT2D eigenvalue weighted by Gasteiger charge is 2.39. The van der Waals surface area contributed by atoms with Gasteiger partial charge < -0.3 is 24.8 Å². The van der Waals surface area contributed by atoms with E-state index in [9.17, 15) is 18.3 Å². The van der Waals surface area contributed by atoms with Crippen LogP contribution < -0.4 is 10.0 Å². The van der Waals surface area contributed by atoms with Gasteiger partial charge >= 0.3 is 0 Å². The van der Waals surface area contributed by atoms with Crippen LogP contribution in [0, 0.1) is 12.8 Å². The van der Waals surface area contributed by atoms with E-state index in [-0.39, 0.29) is 36.0 Å². The summed E-state index contributed by atoms with van der Waals surface area (Å²) in [5, 5.41) is 12.5. The van der Waals surface area contributed by atoms with Crippen molar-refractivity contribution in [3.8, 4) is 0 Å². The summed E-state index contributed by atoms with van der Waals surface area (Å²) >= 11 is 0. The van der Waals surface area contributed by atoms with Crippen LogP contribution in [0.15, 0.2) is 108 Å². The van der Waals surface area contributed by atoms with Gasteiger partial charge in [0.2, 0.25) is 15.9 Å². The second-order valence-electron chi connectivity index (χ2n) is 14.2. The van der Waals surface area contributed by atoms with Crippen molar-refractivity contribution in [3.05, 3.63) is 131 Å². The molecule has 9 nitrogen and oxygen atoms in total. The lowest BCUT2D eigenvalue weighted by atomic mass is 9.89. The van der Waals surface area contributed by atoms with Crippen LogP contribution in [0.2, 0.25) is 0 Å². The molecule has 0 radical (unpaired) electrons. The molecule has 10 heteroatoms. The van der Waals surface area contributed by atoms with Gasteiger partial charge in [0.05, 0.1) is 23.7 Å². The summed E-state index contributed by atoms with van der Waals surface area (Å²) < 4.78 is 42.7. The fraction of sp³-hybridized carbons (Fsp3) is 0.405. The highest BCUT2D eigenvalue weighted by atomic mass is 32.2. The van der Waals surface area contributed by atoms with Crippen molar-refractivity contribution in [1.29, 1.82) is 0 Å².